The molecule has 1 aliphatic heterocycles. The van der Waals surface area contributed by atoms with Crippen LogP contribution in [-0.4, -0.2) is 55.0 Å². The average Bonchev–Trinajstić information content (AvgIpc) is 3.40. The number of nitrogens with zero attached hydrogens (tertiary/aromatic N) is 2. The van der Waals surface area contributed by atoms with E-state index in [1.165, 1.54) is 10.9 Å². The number of amides is 2. The Morgan fingerprint density at radius 3 is 2.76 bits per heavy atom. The van der Waals surface area contributed by atoms with E-state index in [2.05, 4.69) is 13.8 Å². The predicted octanol–water partition coefficient (Wildman–Crippen LogP) is 5.59. The van der Waals surface area contributed by atoms with Crippen LogP contribution in [0.2, 0.25) is 0 Å². The van der Waals surface area contributed by atoms with E-state index in [1.54, 1.807) is 70.7 Å². The van der Waals surface area contributed by atoms with Crippen molar-refractivity contribution in [2.45, 2.75) is 32.7 Å². The van der Waals surface area contributed by atoms with E-state index in [4.69, 9.17) is 9.47 Å². The molecule has 2 amide bonds. The Labute approximate surface area is 221 Å². The first-order valence-corrected chi connectivity index (χ1v) is 13.5. The zero-order valence-electron chi connectivity index (χ0n) is 21.5. The normalized spacial score (nSPS) is 15.6. The maximum Gasteiger partial charge on any atom is 0.254 e. The van der Waals surface area contributed by atoms with Crippen LogP contribution in [-0.2, 0) is 11.2 Å². The number of methoxy groups -OCH3 is 1. The van der Waals surface area contributed by atoms with E-state index in [-0.39, 0.29) is 42.7 Å². The number of halogens is 1. The number of fused-ring (bicyclic) bond motifs is 1. The fraction of sp³-hybridized carbons (Fsp3) is 0.379. The molecule has 1 aromatic heterocycles. The first-order valence-electron chi connectivity index (χ1n) is 12.6. The van der Waals surface area contributed by atoms with Gasteiger partial charge in [0.15, 0.2) is 11.6 Å². The van der Waals surface area contributed by atoms with Crippen molar-refractivity contribution in [1.29, 1.82) is 0 Å². The quantitative estimate of drug-likeness (QED) is 0.347. The van der Waals surface area contributed by atoms with Crippen LogP contribution in [0.5, 0.6) is 11.5 Å². The Kier molecular flexibility index (Phi) is 8.82. The molecule has 0 fully saturated rings. The molecule has 37 heavy (non-hydrogen) atoms. The summed E-state index contributed by atoms with van der Waals surface area (Å²) in [6.45, 7) is 5.20. The first kappa shape index (κ1) is 26.7. The van der Waals surface area contributed by atoms with Gasteiger partial charge in [0.25, 0.3) is 5.91 Å². The third-order valence-corrected chi connectivity index (χ3v) is 7.80. The lowest BCUT2D eigenvalue weighted by molar-refractivity contribution is -0.135. The number of ether oxygens (including phenoxy) is 2. The van der Waals surface area contributed by atoms with Crippen molar-refractivity contribution in [2.75, 3.05) is 33.4 Å². The summed E-state index contributed by atoms with van der Waals surface area (Å²) >= 11 is 1.65. The lowest BCUT2D eigenvalue weighted by atomic mass is 10.00. The van der Waals surface area contributed by atoms with Crippen LogP contribution in [0.25, 0.3) is 0 Å². The zero-order valence-corrected chi connectivity index (χ0v) is 22.3. The Balaban J connectivity index is 1.56. The molecule has 2 heterocycles. The van der Waals surface area contributed by atoms with Crippen LogP contribution in [0.4, 0.5) is 4.39 Å². The summed E-state index contributed by atoms with van der Waals surface area (Å²) in [4.78, 5) is 31.9. The summed E-state index contributed by atoms with van der Waals surface area (Å²) in [6.07, 6.45) is 1.63. The zero-order chi connectivity index (χ0) is 26.4. The van der Waals surface area contributed by atoms with Crippen LogP contribution in [0.15, 0.2) is 60.0 Å². The van der Waals surface area contributed by atoms with Gasteiger partial charge in [0.05, 0.1) is 13.2 Å². The van der Waals surface area contributed by atoms with Gasteiger partial charge in [-0.15, -0.1) is 11.3 Å². The molecule has 0 saturated carbocycles. The maximum atomic E-state index is 14.2. The monoisotopic (exact) mass is 524 g/mol. The van der Waals surface area contributed by atoms with Crippen molar-refractivity contribution in [3.05, 3.63) is 81.8 Å². The highest BCUT2D eigenvalue weighted by Gasteiger charge is 2.34. The number of thiophene rings is 1. The van der Waals surface area contributed by atoms with Crippen molar-refractivity contribution in [1.82, 2.24) is 9.80 Å². The van der Waals surface area contributed by atoms with E-state index in [9.17, 15) is 14.0 Å². The number of carbonyl (C=O) groups is 2. The van der Waals surface area contributed by atoms with Crippen LogP contribution in [0, 0.1) is 11.7 Å². The van der Waals surface area contributed by atoms with Crippen molar-refractivity contribution in [3.63, 3.8) is 0 Å². The molecule has 0 aliphatic carbocycles. The first-order chi connectivity index (χ1) is 17.9. The van der Waals surface area contributed by atoms with Gasteiger partial charge in [0.2, 0.25) is 5.91 Å². The minimum Gasteiger partial charge on any atom is -0.497 e. The van der Waals surface area contributed by atoms with Crippen LogP contribution in [0.1, 0.15) is 47.1 Å². The van der Waals surface area contributed by atoms with Crippen LogP contribution < -0.4 is 9.47 Å². The molecule has 0 N–H and O–H groups in total. The molecule has 1 aliphatic rings. The fourth-order valence-corrected chi connectivity index (χ4v) is 5.45. The van der Waals surface area contributed by atoms with Gasteiger partial charge in [-0.1, -0.05) is 38.5 Å². The fourth-order valence-electron chi connectivity index (χ4n) is 4.52. The summed E-state index contributed by atoms with van der Waals surface area (Å²) in [5, 5.41) is 2.01. The minimum absolute atomic E-state index is 0.0456. The molecule has 8 heteroatoms. The van der Waals surface area contributed by atoms with Crippen molar-refractivity contribution in [2.24, 2.45) is 5.92 Å². The van der Waals surface area contributed by atoms with E-state index < -0.39 is 5.82 Å². The summed E-state index contributed by atoms with van der Waals surface area (Å²) in [7, 11) is 1.56. The molecule has 4 rings (SSSR count). The van der Waals surface area contributed by atoms with Gasteiger partial charge < -0.3 is 19.3 Å². The smallest absolute Gasteiger partial charge is 0.254 e. The second kappa shape index (κ2) is 12.2. The van der Waals surface area contributed by atoms with Crippen molar-refractivity contribution < 1.29 is 23.5 Å². The standard InChI is InChI=1S/C29H33FN2O4S/c1-4-20(2)17-31(29(34)21-8-7-9-22(16-21)35-3)18-28(33)32-14-12-27-23(13-15-37-27)25(32)19-36-26-11-6-5-10-24(26)30/h5-11,13,15-16,20,25H,4,12,14,17-19H2,1-3H3. The van der Waals surface area contributed by atoms with Gasteiger partial charge in [0, 0.05) is 23.5 Å². The number of hydrogen-bond donors (Lipinski definition) is 0. The molecular weight excluding hydrogens is 491 g/mol. The SMILES string of the molecule is CCC(C)CN(CC(=O)N1CCc2sccc2C1COc1ccccc1F)C(=O)c1cccc(OC)c1. The van der Waals surface area contributed by atoms with Crippen LogP contribution in [0.3, 0.4) is 0 Å². The number of hydrogen-bond acceptors (Lipinski definition) is 5. The molecule has 0 bridgehead atoms. The highest BCUT2D eigenvalue weighted by Crippen LogP contribution is 2.34. The molecule has 2 aromatic carbocycles. The lowest BCUT2D eigenvalue weighted by Crippen LogP contribution is -2.48. The summed E-state index contributed by atoms with van der Waals surface area (Å²) < 4.78 is 25.4. The third-order valence-electron chi connectivity index (χ3n) is 6.81. The molecule has 0 spiro atoms. The predicted molar refractivity (Wildman–Crippen MR) is 143 cm³/mol. The van der Waals surface area contributed by atoms with Crippen LogP contribution >= 0.6 is 11.3 Å². The molecule has 2 atom stereocenters. The van der Waals surface area contributed by atoms with Gasteiger partial charge in [-0.3, -0.25) is 9.59 Å². The highest BCUT2D eigenvalue weighted by atomic mass is 32.1. The molecule has 196 valence electrons. The van der Waals surface area contributed by atoms with E-state index in [0.29, 0.717) is 24.4 Å². The summed E-state index contributed by atoms with van der Waals surface area (Å²) in [5.41, 5.74) is 1.50. The minimum atomic E-state index is -0.439. The molecular formula is C29H33FN2O4S. The van der Waals surface area contributed by atoms with E-state index in [1.807, 2.05) is 11.4 Å². The summed E-state index contributed by atoms with van der Waals surface area (Å²) in [5.74, 6) is 0.173. The van der Waals surface area contributed by atoms with Gasteiger partial charge in [0.1, 0.15) is 18.9 Å². The van der Waals surface area contributed by atoms with E-state index in [0.717, 1.165) is 18.4 Å². The second-order valence-electron chi connectivity index (χ2n) is 9.32. The largest absolute Gasteiger partial charge is 0.497 e. The number of rotatable bonds is 10. The van der Waals surface area contributed by atoms with Gasteiger partial charge in [-0.05, 0) is 59.7 Å². The van der Waals surface area contributed by atoms with E-state index >= 15 is 0 Å². The third kappa shape index (κ3) is 6.31. The Hall–Kier alpha value is -3.39. The number of carbonyl (C=O) groups excluding carboxylic acids is 2. The Bertz CT molecular complexity index is 1230. The number of benzene rings is 2. The molecule has 3 aromatic rings. The number of para-hydroxylation sites is 1. The molecule has 0 radical (unpaired) electrons. The van der Waals surface area contributed by atoms with Gasteiger partial charge >= 0.3 is 0 Å². The second-order valence-corrected chi connectivity index (χ2v) is 10.3. The van der Waals surface area contributed by atoms with Gasteiger partial charge in [-0.2, -0.15) is 0 Å². The molecule has 0 saturated heterocycles. The Morgan fingerprint density at radius 2 is 2.00 bits per heavy atom. The average molecular weight is 525 g/mol. The van der Waals surface area contributed by atoms with Crippen molar-refractivity contribution >= 4 is 23.2 Å². The Morgan fingerprint density at radius 1 is 1.19 bits per heavy atom. The highest BCUT2D eigenvalue weighted by molar-refractivity contribution is 7.10. The molecule has 6 nitrogen and oxygen atoms in total. The van der Waals surface area contributed by atoms with Crippen molar-refractivity contribution in [3.8, 4) is 11.5 Å². The summed E-state index contributed by atoms with van der Waals surface area (Å²) in [6, 6.07) is 14.9. The van der Waals surface area contributed by atoms with Gasteiger partial charge in [-0.25, -0.2) is 4.39 Å². The lowest BCUT2D eigenvalue weighted by Gasteiger charge is -2.37. The maximum absolute atomic E-state index is 14.2. The molecule has 2 unspecified atom stereocenters. The topological polar surface area (TPSA) is 59.1 Å².